The molecule has 5 nitrogen and oxygen atoms in total. The van der Waals surface area contributed by atoms with Crippen molar-refractivity contribution in [2.45, 2.75) is 0 Å². The second-order valence-corrected chi connectivity index (χ2v) is 3.71. The fraction of sp³-hybridized carbons (Fsp3) is 0.429. The number of nitrogen functional groups attached to an aromatic ring is 1. The monoisotopic (exact) mass is 265 g/mol. The van der Waals surface area contributed by atoms with Gasteiger partial charge in [-0.15, -0.1) is 6.42 Å². The summed E-state index contributed by atoms with van der Waals surface area (Å²) in [7, 11) is 3.21. The lowest BCUT2D eigenvalue weighted by Crippen LogP contribution is -2.09. The van der Waals surface area contributed by atoms with Gasteiger partial charge in [0, 0.05) is 26.4 Å². The third-order valence-electron chi connectivity index (χ3n) is 2.36. The highest BCUT2D eigenvalue weighted by molar-refractivity contribution is 5.63. The SMILES string of the molecule is C#Cc1cc(OCCOC)c(OCCOC)cc1N. The van der Waals surface area contributed by atoms with Crippen LogP contribution in [-0.2, 0) is 9.47 Å². The number of terminal acetylenes is 1. The minimum atomic E-state index is 0.408. The lowest BCUT2D eigenvalue weighted by molar-refractivity contribution is 0.132. The van der Waals surface area contributed by atoms with Crippen LogP contribution in [0.25, 0.3) is 0 Å². The molecule has 0 aliphatic carbocycles. The summed E-state index contributed by atoms with van der Waals surface area (Å²) < 4.78 is 21.0. The van der Waals surface area contributed by atoms with Crippen molar-refractivity contribution in [2.24, 2.45) is 0 Å². The van der Waals surface area contributed by atoms with Gasteiger partial charge in [0.2, 0.25) is 0 Å². The lowest BCUT2D eigenvalue weighted by Gasteiger charge is -2.14. The van der Waals surface area contributed by atoms with E-state index >= 15 is 0 Å². The summed E-state index contributed by atoms with van der Waals surface area (Å²) in [5.41, 5.74) is 6.88. The number of hydrogen-bond donors (Lipinski definition) is 1. The van der Waals surface area contributed by atoms with E-state index in [1.54, 1.807) is 26.4 Å². The number of hydrogen-bond acceptors (Lipinski definition) is 5. The summed E-state index contributed by atoms with van der Waals surface area (Å²) in [5.74, 6) is 3.60. The molecule has 0 atom stereocenters. The van der Waals surface area contributed by atoms with Crippen LogP contribution in [0.4, 0.5) is 5.69 Å². The first-order chi connectivity index (χ1) is 9.22. The first kappa shape index (κ1) is 15.2. The second-order valence-electron chi connectivity index (χ2n) is 3.71. The van der Waals surface area contributed by atoms with E-state index < -0.39 is 0 Å². The molecule has 0 fully saturated rings. The molecule has 104 valence electrons. The number of rotatable bonds is 8. The van der Waals surface area contributed by atoms with Crippen molar-refractivity contribution in [2.75, 3.05) is 46.4 Å². The molecule has 19 heavy (non-hydrogen) atoms. The van der Waals surface area contributed by atoms with E-state index in [2.05, 4.69) is 5.92 Å². The number of ether oxygens (including phenoxy) is 4. The Bertz CT molecular complexity index is 440. The highest BCUT2D eigenvalue weighted by Gasteiger charge is 2.09. The van der Waals surface area contributed by atoms with Gasteiger partial charge in [-0.3, -0.25) is 0 Å². The van der Waals surface area contributed by atoms with Crippen molar-refractivity contribution in [1.82, 2.24) is 0 Å². The topological polar surface area (TPSA) is 62.9 Å². The van der Waals surface area contributed by atoms with Crippen molar-refractivity contribution < 1.29 is 18.9 Å². The van der Waals surface area contributed by atoms with E-state index in [0.29, 0.717) is 49.2 Å². The van der Waals surface area contributed by atoms with Crippen LogP contribution in [0.1, 0.15) is 5.56 Å². The Morgan fingerprint density at radius 2 is 1.53 bits per heavy atom. The van der Waals surface area contributed by atoms with Crippen LogP contribution in [0.5, 0.6) is 11.5 Å². The van der Waals surface area contributed by atoms with Gasteiger partial charge in [0.05, 0.1) is 24.5 Å². The number of nitrogens with two attached hydrogens (primary N) is 1. The van der Waals surface area contributed by atoms with Crippen molar-refractivity contribution in [3.63, 3.8) is 0 Å². The molecule has 1 aromatic carbocycles. The predicted octanol–water partition coefficient (Wildman–Crippen LogP) is 1.30. The van der Waals surface area contributed by atoms with Crippen LogP contribution in [0.2, 0.25) is 0 Å². The third kappa shape index (κ3) is 4.70. The molecular weight excluding hydrogens is 246 g/mol. The van der Waals surface area contributed by atoms with Crippen LogP contribution in [-0.4, -0.2) is 40.6 Å². The van der Waals surface area contributed by atoms with E-state index in [1.165, 1.54) is 0 Å². The van der Waals surface area contributed by atoms with Crippen LogP contribution in [0.3, 0.4) is 0 Å². The Labute approximate surface area is 113 Å². The lowest BCUT2D eigenvalue weighted by atomic mass is 10.1. The molecule has 0 aliphatic rings. The molecule has 5 heteroatoms. The summed E-state index contributed by atoms with van der Waals surface area (Å²) >= 11 is 0. The maximum absolute atomic E-state index is 5.83. The van der Waals surface area contributed by atoms with Gasteiger partial charge in [-0.2, -0.15) is 0 Å². The second kappa shape index (κ2) is 8.25. The fourth-order valence-electron chi connectivity index (χ4n) is 1.40. The molecule has 0 radical (unpaired) electrons. The Morgan fingerprint density at radius 3 is 2.00 bits per heavy atom. The molecule has 0 spiro atoms. The summed E-state index contributed by atoms with van der Waals surface area (Å²) in [4.78, 5) is 0. The Morgan fingerprint density at radius 1 is 1.00 bits per heavy atom. The average molecular weight is 265 g/mol. The summed E-state index contributed by atoms with van der Waals surface area (Å²) in [5, 5.41) is 0. The van der Waals surface area contributed by atoms with Gasteiger partial charge in [-0.25, -0.2) is 0 Å². The molecule has 0 aliphatic heterocycles. The van der Waals surface area contributed by atoms with E-state index in [1.807, 2.05) is 0 Å². The molecule has 0 heterocycles. The van der Waals surface area contributed by atoms with E-state index in [9.17, 15) is 0 Å². The molecule has 0 amide bonds. The highest BCUT2D eigenvalue weighted by Crippen LogP contribution is 2.32. The van der Waals surface area contributed by atoms with Gasteiger partial charge in [-0.1, -0.05) is 5.92 Å². The van der Waals surface area contributed by atoms with Gasteiger partial charge < -0.3 is 24.7 Å². The van der Waals surface area contributed by atoms with Crippen molar-refractivity contribution >= 4 is 5.69 Å². The van der Waals surface area contributed by atoms with E-state index in [4.69, 9.17) is 31.1 Å². The van der Waals surface area contributed by atoms with E-state index in [-0.39, 0.29) is 0 Å². The molecular formula is C14H19NO4. The zero-order chi connectivity index (χ0) is 14.1. The number of anilines is 1. The predicted molar refractivity (Wildman–Crippen MR) is 73.5 cm³/mol. The molecule has 0 unspecified atom stereocenters. The normalized spacial score (nSPS) is 9.95. The Kier molecular flexibility index (Phi) is 6.58. The quantitative estimate of drug-likeness (QED) is 0.436. The maximum atomic E-state index is 5.83. The summed E-state index contributed by atoms with van der Waals surface area (Å²) in [6.07, 6.45) is 5.38. The molecule has 0 aromatic heterocycles. The smallest absolute Gasteiger partial charge is 0.163 e. The Hall–Kier alpha value is -1.90. The van der Waals surface area contributed by atoms with Crippen molar-refractivity contribution in [1.29, 1.82) is 0 Å². The first-order valence-electron chi connectivity index (χ1n) is 5.86. The fourth-order valence-corrected chi connectivity index (χ4v) is 1.40. The van der Waals surface area contributed by atoms with Gasteiger partial charge in [0.25, 0.3) is 0 Å². The number of benzene rings is 1. The summed E-state index contributed by atoms with van der Waals surface area (Å²) in [6.45, 7) is 1.78. The van der Waals surface area contributed by atoms with Crippen LogP contribution < -0.4 is 15.2 Å². The molecule has 0 bridgehead atoms. The minimum absolute atomic E-state index is 0.408. The molecule has 2 N–H and O–H groups in total. The average Bonchev–Trinajstić information content (AvgIpc) is 2.41. The van der Waals surface area contributed by atoms with Crippen LogP contribution in [0.15, 0.2) is 12.1 Å². The van der Waals surface area contributed by atoms with Crippen molar-refractivity contribution in [3.8, 4) is 23.8 Å². The largest absolute Gasteiger partial charge is 0.487 e. The van der Waals surface area contributed by atoms with E-state index in [0.717, 1.165) is 0 Å². The van der Waals surface area contributed by atoms with Gasteiger partial charge >= 0.3 is 0 Å². The number of methoxy groups -OCH3 is 2. The van der Waals surface area contributed by atoms with Crippen LogP contribution in [0, 0.1) is 12.3 Å². The van der Waals surface area contributed by atoms with Gasteiger partial charge in [-0.05, 0) is 0 Å². The Balaban J connectivity index is 2.85. The zero-order valence-electron chi connectivity index (χ0n) is 11.3. The minimum Gasteiger partial charge on any atom is -0.487 e. The molecule has 0 saturated heterocycles. The summed E-state index contributed by atoms with van der Waals surface area (Å²) in [6, 6.07) is 3.35. The van der Waals surface area contributed by atoms with Gasteiger partial charge in [0.1, 0.15) is 13.2 Å². The standard InChI is InChI=1S/C14H19NO4/c1-4-11-9-13(18-7-5-16-2)14(10-12(11)15)19-8-6-17-3/h1,9-10H,5-8,15H2,2-3H3. The van der Waals surface area contributed by atoms with Crippen molar-refractivity contribution in [3.05, 3.63) is 17.7 Å². The maximum Gasteiger partial charge on any atom is 0.163 e. The highest BCUT2D eigenvalue weighted by atomic mass is 16.5. The van der Waals surface area contributed by atoms with Crippen LogP contribution >= 0.6 is 0 Å². The molecule has 0 saturated carbocycles. The molecule has 1 aromatic rings. The first-order valence-corrected chi connectivity index (χ1v) is 5.86. The van der Waals surface area contributed by atoms with Gasteiger partial charge in [0.15, 0.2) is 11.5 Å². The molecule has 1 rings (SSSR count). The third-order valence-corrected chi connectivity index (χ3v) is 2.36. The zero-order valence-corrected chi connectivity index (χ0v) is 11.3.